The van der Waals surface area contributed by atoms with Gasteiger partial charge in [-0.05, 0) is 23.3 Å². The minimum atomic E-state index is -1.27. The van der Waals surface area contributed by atoms with E-state index in [1.807, 2.05) is 6.07 Å². The van der Waals surface area contributed by atoms with Crippen LogP contribution in [-0.2, 0) is 6.42 Å². The molecule has 2 unspecified atom stereocenters. The van der Waals surface area contributed by atoms with E-state index in [4.69, 9.17) is 11.0 Å². The summed E-state index contributed by atoms with van der Waals surface area (Å²) >= 11 is 0. The Hall–Kier alpha value is -1.48. The second-order valence-electron chi connectivity index (χ2n) is 3.43. The Morgan fingerprint density at radius 3 is 2.69 bits per heavy atom. The molecule has 0 saturated heterocycles. The average Bonchev–Trinajstić information content (AvgIpc) is 2.29. The Kier molecular flexibility index (Phi) is 4.38. The third kappa shape index (κ3) is 2.76. The van der Waals surface area contributed by atoms with Crippen LogP contribution in [0.1, 0.15) is 17.2 Å². The van der Waals surface area contributed by atoms with Gasteiger partial charge in [0, 0.05) is 6.54 Å². The molecule has 4 nitrogen and oxygen atoms in total. The van der Waals surface area contributed by atoms with E-state index < -0.39 is 18.0 Å². The Labute approximate surface area is 92.7 Å². The van der Waals surface area contributed by atoms with E-state index in [0.29, 0.717) is 5.56 Å². The Bertz CT molecular complexity index is 403. The van der Waals surface area contributed by atoms with Gasteiger partial charge in [-0.15, -0.1) is 0 Å². The summed E-state index contributed by atoms with van der Waals surface area (Å²) in [6.45, 7) is -0.135. The smallest absolute Gasteiger partial charge is 0.123 e. The van der Waals surface area contributed by atoms with Crippen molar-refractivity contribution < 1.29 is 14.6 Å². The van der Waals surface area contributed by atoms with Crippen molar-refractivity contribution in [2.45, 2.75) is 18.6 Å². The van der Waals surface area contributed by atoms with E-state index in [-0.39, 0.29) is 18.5 Å². The Morgan fingerprint density at radius 1 is 1.44 bits per heavy atom. The molecule has 0 bridgehead atoms. The van der Waals surface area contributed by atoms with Gasteiger partial charge < -0.3 is 15.9 Å². The zero-order chi connectivity index (χ0) is 12.1. The Morgan fingerprint density at radius 2 is 2.12 bits per heavy atom. The molecular formula is C11H13FN2O2. The molecule has 1 rings (SSSR count). The summed E-state index contributed by atoms with van der Waals surface area (Å²) in [6.07, 6.45) is -2.40. The van der Waals surface area contributed by atoms with Crippen LogP contribution in [0.5, 0.6) is 0 Å². The maximum atomic E-state index is 13.0. The van der Waals surface area contributed by atoms with E-state index in [1.165, 1.54) is 12.1 Å². The summed E-state index contributed by atoms with van der Waals surface area (Å²) in [5.74, 6) is -0.528. The molecule has 4 N–H and O–H groups in total. The minimum Gasteiger partial charge on any atom is -0.389 e. The van der Waals surface area contributed by atoms with Gasteiger partial charge in [-0.25, -0.2) is 4.39 Å². The van der Waals surface area contributed by atoms with E-state index in [1.54, 1.807) is 0 Å². The highest BCUT2D eigenvalue weighted by molar-refractivity contribution is 5.32. The molecule has 0 fully saturated rings. The summed E-state index contributed by atoms with van der Waals surface area (Å²) < 4.78 is 13.0. The molecule has 16 heavy (non-hydrogen) atoms. The molecule has 1 aromatic rings. The lowest BCUT2D eigenvalue weighted by molar-refractivity contribution is 0.0237. The maximum Gasteiger partial charge on any atom is 0.123 e. The third-order valence-corrected chi connectivity index (χ3v) is 2.30. The van der Waals surface area contributed by atoms with Crippen LogP contribution >= 0.6 is 0 Å². The van der Waals surface area contributed by atoms with Gasteiger partial charge in [-0.1, -0.05) is 6.07 Å². The Balaban J connectivity index is 3.09. The van der Waals surface area contributed by atoms with Crippen molar-refractivity contribution in [3.63, 3.8) is 0 Å². The fraction of sp³-hybridized carbons (Fsp3) is 0.364. The second-order valence-corrected chi connectivity index (χ2v) is 3.43. The number of nitriles is 1. The number of aliphatic hydroxyl groups is 2. The molecule has 5 heteroatoms. The van der Waals surface area contributed by atoms with Crippen molar-refractivity contribution in [3.8, 4) is 6.07 Å². The molecule has 0 spiro atoms. The number of nitrogens with two attached hydrogens (primary N) is 1. The number of aliphatic hydroxyl groups excluding tert-OH is 2. The highest BCUT2D eigenvalue weighted by atomic mass is 19.1. The molecular weight excluding hydrogens is 211 g/mol. The van der Waals surface area contributed by atoms with Crippen LogP contribution in [0.25, 0.3) is 0 Å². The summed E-state index contributed by atoms with van der Waals surface area (Å²) in [5, 5.41) is 27.7. The molecule has 0 aliphatic heterocycles. The number of benzene rings is 1. The van der Waals surface area contributed by atoms with Gasteiger partial charge in [0.05, 0.1) is 18.6 Å². The van der Waals surface area contributed by atoms with Crippen LogP contribution in [0.2, 0.25) is 0 Å². The number of hydrogen-bond acceptors (Lipinski definition) is 4. The molecule has 0 heterocycles. The summed E-state index contributed by atoms with van der Waals surface area (Å²) in [5.41, 5.74) is 5.90. The molecule has 0 aliphatic rings. The normalized spacial score (nSPS) is 14.2. The van der Waals surface area contributed by atoms with Crippen molar-refractivity contribution in [2.75, 3.05) is 6.54 Å². The topological polar surface area (TPSA) is 90.3 Å². The summed E-state index contributed by atoms with van der Waals surface area (Å²) in [4.78, 5) is 0. The zero-order valence-corrected chi connectivity index (χ0v) is 8.60. The van der Waals surface area contributed by atoms with Gasteiger partial charge in [0.25, 0.3) is 0 Å². The highest BCUT2D eigenvalue weighted by Crippen LogP contribution is 2.22. The van der Waals surface area contributed by atoms with Crippen molar-refractivity contribution >= 4 is 0 Å². The minimum absolute atomic E-state index is 0.0456. The van der Waals surface area contributed by atoms with E-state index >= 15 is 0 Å². The van der Waals surface area contributed by atoms with Crippen LogP contribution in [0.15, 0.2) is 18.2 Å². The lowest BCUT2D eigenvalue weighted by Crippen LogP contribution is -2.27. The van der Waals surface area contributed by atoms with Crippen LogP contribution in [0, 0.1) is 17.1 Å². The van der Waals surface area contributed by atoms with Gasteiger partial charge in [-0.2, -0.15) is 5.26 Å². The first-order valence-corrected chi connectivity index (χ1v) is 4.81. The third-order valence-electron chi connectivity index (χ3n) is 2.30. The van der Waals surface area contributed by atoms with Gasteiger partial charge in [0.1, 0.15) is 11.9 Å². The van der Waals surface area contributed by atoms with Gasteiger partial charge in [0.2, 0.25) is 0 Å². The molecule has 0 amide bonds. The number of rotatable bonds is 4. The molecule has 0 saturated carbocycles. The van der Waals surface area contributed by atoms with E-state index in [2.05, 4.69) is 0 Å². The second kappa shape index (κ2) is 5.56. The molecule has 2 atom stereocenters. The quantitative estimate of drug-likeness (QED) is 0.683. The van der Waals surface area contributed by atoms with E-state index in [9.17, 15) is 14.6 Å². The predicted molar refractivity (Wildman–Crippen MR) is 55.7 cm³/mol. The molecule has 0 aromatic heterocycles. The first-order valence-electron chi connectivity index (χ1n) is 4.81. The van der Waals surface area contributed by atoms with Gasteiger partial charge in [-0.3, -0.25) is 0 Å². The summed E-state index contributed by atoms with van der Waals surface area (Å²) in [7, 11) is 0. The largest absolute Gasteiger partial charge is 0.389 e. The van der Waals surface area contributed by atoms with E-state index in [0.717, 1.165) is 6.07 Å². The monoisotopic (exact) mass is 224 g/mol. The SMILES string of the molecule is N#CCc1ccc(F)cc1C(O)C(O)CN. The van der Waals surface area contributed by atoms with Crippen LogP contribution in [0.4, 0.5) is 4.39 Å². The zero-order valence-electron chi connectivity index (χ0n) is 8.60. The fourth-order valence-electron chi connectivity index (χ4n) is 1.42. The number of halogens is 1. The van der Waals surface area contributed by atoms with Gasteiger partial charge in [0.15, 0.2) is 0 Å². The van der Waals surface area contributed by atoms with Crippen LogP contribution in [-0.4, -0.2) is 22.9 Å². The van der Waals surface area contributed by atoms with Crippen molar-refractivity contribution in [3.05, 3.63) is 35.1 Å². The first-order chi connectivity index (χ1) is 7.60. The number of nitrogens with zero attached hydrogens (tertiary/aromatic N) is 1. The first kappa shape index (κ1) is 12.6. The highest BCUT2D eigenvalue weighted by Gasteiger charge is 2.20. The standard InChI is InChI=1S/C11H13FN2O2/c12-8-2-1-7(3-4-13)9(5-8)11(16)10(15)6-14/h1-2,5,10-11,15-16H,3,6,14H2. The lowest BCUT2D eigenvalue weighted by atomic mass is 9.97. The van der Waals surface area contributed by atoms with Crippen molar-refractivity contribution in [2.24, 2.45) is 5.73 Å². The van der Waals surface area contributed by atoms with Crippen LogP contribution in [0.3, 0.4) is 0 Å². The number of hydrogen-bond donors (Lipinski definition) is 3. The molecule has 86 valence electrons. The average molecular weight is 224 g/mol. The van der Waals surface area contributed by atoms with Crippen LogP contribution < -0.4 is 5.73 Å². The lowest BCUT2D eigenvalue weighted by Gasteiger charge is -2.18. The fourth-order valence-corrected chi connectivity index (χ4v) is 1.42. The van der Waals surface area contributed by atoms with Gasteiger partial charge >= 0.3 is 0 Å². The summed E-state index contributed by atoms with van der Waals surface area (Å²) in [6, 6.07) is 5.64. The molecule has 0 radical (unpaired) electrons. The predicted octanol–water partition coefficient (Wildman–Crippen LogP) is 0.245. The van der Waals surface area contributed by atoms with Crippen molar-refractivity contribution in [1.82, 2.24) is 0 Å². The van der Waals surface area contributed by atoms with Crippen molar-refractivity contribution in [1.29, 1.82) is 5.26 Å². The maximum absolute atomic E-state index is 13.0. The molecule has 1 aromatic carbocycles. The molecule has 0 aliphatic carbocycles.